The van der Waals surface area contributed by atoms with E-state index in [9.17, 15) is 9.59 Å². The standard InChI is InChI=1S/2C24H26N4O4/c2*1-30-21-13-17-18(19-12-16-4-3-6-25-24(16)26-19)15-28(20(17)14-22(21)31-2)7-5-23(29)27-8-10-32-11-9-27/h2*3-4,6,12-15H,5,7-11H2,1-2H3,(H,25,26). The van der Waals surface area contributed by atoms with Crippen molar-refractivity contribution in [2.24, 2.45) is 0 Å². The van der Waals surface area contributed by atoms with Crippen LogP contribution in [-0.2, 0) is 32.2 Å². The van der Waals surface area contributed by atoms with Gasteiger partial charge in [-0.15, -0.1) is 0 Å². The molecule has 2 aliphatic heterocycles. The normalized spacial score (nSPS) is 14.2. The number of hydrogen-bond donors (Lipinski definition) is 2. The van der Waals surface area contributed by atoms with E-state index in [4.69, 9.17) is 28.4 Å². The predicted molar refractivity (Wildman–Crippen MR) is 244 cm³/mol. The van der Waals surface area contributed by atoms with Gasteiger partial charge in [0, 0.05) is 133 Å². The summed E-state index contributed by atoms with van der Waals surface area (Å²) in [6, 6.07) is 20.0. The van der Waals surface area contributed by atoms with Gasteiger partial charge < -0.3 is 57.3 Å². The lowest BCUT2D eigenvalue weighted by Gasteiger charge is -2.27. The maximum Gasteiger partial charge on any atom is 0.224 e. The van der Waals surface area contributed by atoms with E-state index in [1.165, 1.54) is 0 Å². The molecule has 2 saturated heterocycles. The van der Waals surface area contributed by atoms with Gasteiger partial charge in [-0.2, -0.15) is 0 Å². The Kier molecular flexibility index (Phi) is 12.4. The molecule has 2 N–H and O–H groups in total. The summed E-state index contributed by atoms with van der Waals surface area (Å²) in [5.41, 5.74) is 7.63. The minimum Gasteiger partial charge on any atom is -0.493 e. The zero-order valence-corrected chi connectivity index (χ0v) is 36.5. The number of carbonyl (C=O) groups excluding carboxylic acids is 2. The molecule has 16 heteroatoms. The Balaban J connectivity index is 0.000000162. The minimum atomic E-state index is 0.145. The van der Waals surface area contributed by atoms with Gasteiger partial charge in [0.15, 0.2) is 23.0 Å². The van der Waals surface area contributed by atoms with Crippen molar-refractivity contribution in [3.63, 3.8) is 0 Å². The number of aromatic amines is 2. The first-order valence-electron chi connectivity index (χ1n) is 21.4. The molecule has 0 radical (unpaired) electrons. The minimum absolute atomic E-state index is 0.145. The molecule has 8 heterocycles. The number of methoxy groups -OCH3 is 4. The molecule has 0 unspecified atom stereocenters. The lowest BCUT2D eigenvalue weighted by atomic mass is 10.1. The number of ether oxygens (including phenoxy) is 6. The fourth-order valence-electron chi connectivity index (χ4n) is 8.61. The lowest BCUT2D eigenvalue weighted by Crippen LogP contribution is -2.40. The van der Waals surface area contributed by atoms with Crippen LogP contribution in [0.4, 0.5) is 0 Å². The fraction of sp³-hybridized carbons (Fsp3) is 0.333. The van der Waals surface area contributed by atoms with Crippen molar-refractivity contribution in [3.05, 3.63) is 85.5 Å². The van der Waals surface area contributed by atoms with Crippen LogP contribution >= 0.6 is 0 Å². The largest absolute Gasteiger partial charge is 0.493 e. The van der Waals surface area contributed by atoms with Gasteiger partial charge in [0.2, 0.25) is 11.8 Å². The molecule has 10 rings (SSSR count). The fourth-order valence-corrected chi connectivity index (χ4v) is 8.61. The average molecular weight is 869 g/mol. The highest BCUT2D eigenvalue weighted by Gasteiger charge is 2.22. The molecule has 0 atom stereocenters. The maximum atomic E-state index is 12.7. The highest BCUT2D eigenvalue weighted by atomic mass is 16.5. The SMILES string of the molecule is COc1cc2c(-c3cc4cccnc4[nH]3)cn(CCC(=O)N3CCOCC3)c2cc1OC.COc1cc2c(-c3cc4cccnc4[nH]3)cn(CCC(=O)N3CCOCC3)c2cc1OC. The van der Waals surface area contributed by atoms with Crippen LogP contribution in [0.1, 0.15) is 12.8 Å². The number of fused-ring (bicyclic) bond motifs is 4. The Morgan fingerprint density at radius 1 is 0.578 bits per heavy atom. The van der Waals surface area contributed by atoms with Gasteiger partial charge in [0.05, 0.1) is 65.9 Å². The third-order valence-corrected chi connectivity index (χ3v) is 12.0. The molecule has 64 heavy (non-hydrogen) atoms. The third kappa shape index (κ3) is 8.53. The second kappa shape index (κ2) is 18.7. The molecule has 16 nitrogen and oxygen atoms in total. The van der Waals surface area contributed by atoms with Gasteiger partial charge in [-0.05, 0) is 48.5 Å². The summed E-state index contributed by atoms with van der Waals surface area (Å²) >= 11 is 0. The van der Waals surface area contributed by atoms with Crippen molar-refractivity contribution in [1.82, 2.24) is 38.9 Å². The predicted octanol–water partition coefficient (Wildman–Crippen LogP) is 6.90. The van der Waals surface area contributed by atoms with Gasteiger partial charge in [-0.25, -0.2) is 9.97 Å². The lowest BCUT2D eigenvalue weighted by molar-refractivity contribution is -0.136. The van der Waals surface area contributed by atoms with Crippen molar-refractivity contribution in [2.75, 3.05) is 81.0 Å². The Morgan fingerprint density at radius 2 is 0.969 bits per heavy atom. The summed E-state index contributed by atoms with van der Waals surface area (Å²) in [6.07, 6.45) is 8.56. The first-order valence-corrected chi connectivity index (χ1v) is 21.4. The number of aromatic nitrogens is 6. The number of carbonyl (C=O) groups is 2. The van der Waals surface area contributed by atoms with E-state index in [-0.39, 0.29) is 11.8 Å². The highest BCUT2D eigenvalue weighted by molar-refractivity contribution is 6.01. The topological polar surface area (TPSA) is 163 Å². The molecule has 2 amide bonds. The summed E-state index contributed by atoms with van der Waals surface area (Å²) in [7, 11) is 6.52. The van der Waals surface area contributed by atoms with Gasteiger partial charge >= 0.3 is 0 Å². The van der Waals surface area contributed by atoms with E-state index in [1.807, 2.05) is 58.3 Å². The number of aryl methyl sites for hydroxylation is 2. The second-order valence-electron chi connectivity index (χ2n) is 15.7. The molecular formula is C48H52N8O8. The smallest absolute Gasteiger partial charge is 0.224 e. The number of amides is 2. The Labute approximate surface area is 369 Å². The molecule has 2 fully saturated rings. The first kappa shape index (κ1) is 42.3. The number of hydrogen-bond acceptors (Lipinski definition) is 10. The zero-order valence-electron chi connectivity index (χ0n) is 36.5. The molecule has 0 spiro atoms. The van der Waals surface area contributed by atoms with Crippen LogP contribution in [0.2, 0.25) is 0 Å². The summed E-state index contributed by atoms with van der Waals surface area (Å²) < 4.78 is 37.1. The van der Waals surface area contributed by atoms with Crippen LogP contribution < -0.4 is 18.9 Å². The Bertz CT molecular complexity index is 2670. The number of nitrogens with one attached hydrogen (secondary N) is 2. The van der Waals surface area contributed by atoms with Crippen molar-refractivity contribution in [3.8, 4) is 45.5 Å². The third-order valence-electron chi connectivity index (χ3n) is 12.0. The van der Waals surface area contributed by atoms with Crippen LogP contribution in [0.5, 0.6) is 23.0 Å². The first-order chi connectivity index (χ1) is 31.3. The van der Waals surface area contributed by atoms with Crippen molar-refractivity contribution < 1.29 is 38.0 Å². The Hall–Kier alpha value is -7.04. The van der Waals surface area contributed by atoms with Crippen molar-refractivity contribution in [2.45, 2.75) is 25.9 Å². The average Bonchev–Trinajstić information content (AvgIpc) is 4.14. The highest BCUT2D eigenvalue weighted by Crippen LogP contribution is 2.40. The van der Waals surface area contributed by atoms with E-state index in [2.05, 4.69) is 53.6 Å². The summed E-state index contributed by atoms with van der Waals surface area (Å²) in [5.74, 6) is 2.93. The van der Waals surface area contributed by atoms with Gasteiger partial charge in [0.25, 0.3) is 0 Å². The molecule has 2 aromatic carbocycles. The van der Waals surface area contributed by atoms with Gasteiger partial charge in [-0.3, -0.25) is 9.59 Å². The van der Waals surface area contributed by atoms with E-state index in [1.54, 1.807) is 40.8 Å². The summed E-state index contributed by atoms with van der Waals surface area (Å²) in [4.78, 5) is 44.9. The molecule has 0 bridgehead atoms. The van der Waals surface area contributed by atoms with Crippen LogP contribution in [0, 0.1) is 0 Å². The number of pyridine rings is 2. The van der Waals surface area contributed by atoms with Gasteiger partial charge in [0.1, 0.15) is 11.3 Å². The monoisotopic (exact) mass is 868 g/mol. The van der Waals surface area contributed by atoms with Crippen LogP contribution in [0.25, 0.3) is 66.4 Å². The van der Waals surface area contributed by atoms with Crippen molar-refractivity contribution in [1.29, 1.82) is 0 Å². The van der Waals surface area contributed by atoms with E-state index in [0.29, 0.717) is 102 Å². The molecule has 0 saturated carbocycles. The Morgan fingerprint density at radius 3 is 1.34 bits per heavy atom. The number of H-pyrrole nitrogens is 2. The van der Waals surface area contributed by atoms with E-state index in [0.717, 1.165) is 66.4 Å². The summed E-state index contributed by atoms with van der Waals surface area (Å²) in [6.45, 7) is 6.19. The molecule has 6 aromatic heterocycles. The zero-order chi connectivity index (χ0) is 44.2. The molecule has 2 aliphatic rings. The molecule has 0 aliphatic carbocycles. The van der Waals surface area contributed by atoms with Crippen LogP contribution in [0.3, 0.4) is 0 Å². The van der Waals surface area contributed by atoms with E-state index < -0.39 is 0 Å². The maximum absolute atomic E-state index is 12.7. The number of rotatable bonds is 12. The van der Waals surface area contributed by atoms with Crippen LogP contribution in [0.15, 0.2) is 85.5 Å². The molecule has 332 valence electrons. The number of morpholine rings is 2. The second-order valence-corrected chi connectivity index (χ2v) is 15.7. The molecule has 8 aromatic rings. The van der Waals surface area contributed by atoms with Crippen LogP contribution in [-0.4, -0.2) is 132 Å². The summed E-state index contributed by atoms with van der Waals surface area (Å²) in [5, 5.41) is 4.14. The molecular weight excluding hydrogens is 817 g/mol. The number of benzene rings is 2. The quantitative estimate of drug-likeness (QED) is 0.132. The van der Waals surface area contributed by atoms with Crippen molar-refractivity contribution >= 4 is 55.7 Å². The number of nitrogens with zero attached hydrogens (tertiary/aromatic N) is 6. The van der Waals surface area contributed by atoms with Gasteiger partial charge in [-0.1, -0.05) is 0 Å². The van der Waals surface area contributed by atoms with E-state index >= 15 is 0 Å².